The van der Waals surface area contributed by atoms with E-state index in [9.17, 15) is 9.59 Å². The predicted molar refractivity (Wildman–Crippen MR) is 88.0 cm³/mol. The standard InChI is InChI=1S/C16H21N5O2/c1-12(22)20-8-10-21(11-9-20)15(23)6-7-17-16-18-13-4-2-3-5-14(13)19-16/h2-5H,6-11H2,1H3,(H2,17,18,19). The van der Waals surface area contributed by atoms with Crippen molar-refractivity contribution in [3.8, 4) is 0 Å². The van der Waals surface area contributed by atoms with Crippen molar-refractivity contribution in [1.82, 2.24) is 19.8 Å². The summed E-state index contributed by atoms with van der Waals surface area (Å²) in [5, 5.41) is 3.15. The smallest absolute Gasteiger partial charge is 0.224 e. The Balaban J connectivity index is 1.45. The molecule has 3 rings (SSSR count). The molecule has 1 fully saturated rings. The molecule has 2 aromatic rings. The second-order valence-electron chi connectivity index (χ2n) is 5.67. The lowest BCUT2D eigenvalue weighted by Crippen LogP contribution is -2.50. The van der Waals surface area contributed by atoms with Gasteiger partial charge in [-0.2, -0.15) is 0 Å². The van der Waals surface area contributed by atoms with Crippen LogP contribution in [0.25, 0.3) is 11.0 Å². The molecule has 0 saturated carbocycles. The number of aromatic amines is 1. The van der Waals surface area contributed by atoms with Crippen LogP contribution >= 0.6 is 0 Å². The minimum Gasteiger partial charge on any atom is -0.355 e. The molecule has 2 N–H and O–H groups in total. The van der Waals surface area contributed by atoms with Crippen LogP contribution in [0.2, 0.25) is 0 Å². The van der Waals surface area contributed by atoms with Gasteiger partial charge in [0.25, 0.3) is 0 Å². The van der Waals surface area contributed by atoms with Gasteiger partial charge in [-0.3, -0.25) is 9.59 Å². The summed E-state index contributed by atoms with van der Waals surface area (Å²) in [4.78, 5) is 34.7. The first-order valence-corrected chi connectivity index (χ1v) is 7.85. The lowest BCUT2D eigenvalue weighted by atomic mass is 10.2. The van der Waals surface area contributed by atoms with E-state index >= 15 is 0 Å². The van der Waals surface area contributed by atoms with E-state index < -0.39 is 0 Å². The molecule has 0 unspecified atom stereocenters. The Kier molecular flexibility index (Phi) is 4.45. The first-order valence-electron chi connectivity index (χ1n) is 7.85. The number of benzene rings is 1. The van der Waals surface area contributed by atoms with Gasteiger partial charge in [0.1, 0.15) is 0 Å². The fourth-order valence-corrected chi connectivity index (χ4v) is 2.75. The van der Waals surface area contributed by atoms with Gasteiger partial charge in [-0.25, -0.2) is 4.98 Å². The first kappa shape index (κ1) is 15.3. The highest BCUT2D eigenvalue weighted by atomic mass is 16.2. The van der Waals surface area contributed by atoms with Gasteiger partial charge in [-0.1, -0.05) is 12.1 Å². The Morgan fingerprint density at radius 1 is 1.17 bits per heavy atom. The number of nitrogens with one attached hydrogen (secondary N) is 2. The Labute approximate surface area is 134 Å². The van der Waals surface area contributed by atoms with Crippen LogP contribution in [-0.2, 0) is 9.59 Å². The maximum Gasteiger partial charge on any atom is 0.224 e. The van der Waals surface area contributed by atoms with Crippen molar-refractivity contribution >= 4 is 28.8 Å². The van der Waals surface area contributed by atoms with Gasteiger partial charge < -0.3 is 20.1 Å². The number of imidazole rings is 1. The van der Waals surface area contributed by atoms with Crippen molar-refractivity contribution < 1.29 is 9.59 Å². The largest absolute Gasteiger partial charge is 0.355 e. The summed E-state index contributed by atoms with van der Waals surface area (Å²) < 4.78 is 0. The van der Waals surface area contributed by atoms with Crippen LogP contribution in [0.4, 0.5) is 5.95 Å². The SMILES string of the molecule is CC(=O)N1CCN(C(=O)CCNc2nc3ccccc3[nH]2)CC1. The normalized spacial score (nSPS) is 15.0. The van der Waals surface area contributed by atoms with Crippen LogP contribution in [0.1, 0.15) is 13.3 Å². The average Bonchev–Trinajstić information content (AvgIpc) is 2.97. The Morgan fingerprint density at radius 2 is 1.87 bits per heavy atom. The summed E-state index contributed by atoms with van der Waals surface area (Å²) in [6.07, 6.45) is 0.414. The number of aromatic nitrogens is 2. The minimum atomic E-state index is 0.0728. The molecular formula is C16H21N5O2. The summed E-state index contributed by atoms with van der Waals surface area (Å²) in [7, 11) is 0. The number of hydrogen-bond donors (Lipinski definition) is 2. The summed E-state index contributed by atoms with van der Waals surface area (Å²) in [5.74, 6) is 0.862. The molecule has 0 bridgehead atoms. The molecule has 1 aliphatic heterocycles. The molecule has 7 nitrogen and oxygen atoms in total. The molecular weight excluding hydrogens is 294 g/mol. The third kappa shape index (κ3) is 3.61. The van der Waals surface area contributed by atoms with Gasteiger partial charge in [0.15, 0.2) is 0 Å². The number of H-pyrrole nitrogens is 1. The topological polar surface area (TPSA) is 81.3 Å². The number of carbonyl (C=O) groups is 2. The average molecular weight is 315 g/mol. The zero-order valence-corrected chi connectivity index (χ0v) is 13.2. The molecule has 0 atom stereocenters. The number of hydrogen-bond acceptors (Lipinski definition) is 4. The first-order chi connectivity index (χ1) is 11.1. The molecule has 1 aromatic carbocycles. The van der Waals surface area contributed by atoms with Gasteiger partial charge in [0.2, 0.25) is 17.8 Å². The van der Waals surface area contributed by atoms with E-state index in [1.807, 2.05) is 29.2 Å². The molecule has 0 aliphatic carbocycles. The maximum absolute atomic E-state index is 12.2. The molecule has 1 aliphatic rings. The van der Waals surface area contributed by atoms with E-state index in [2.05, 4.69) is 15.3 Å². The fraction of sp³-hybridized carbons (Fsp3) is 0.438. The van der Waals surface area contributed by atoms with Crippen molar-refractivity contribution in [1.29, 1.82) is 0 Å². The molecule has 2 amide bonds. The number of carbonyl (C=O) groups excluding carboxylic acids is 2. The van der Waals surface area contributed by atoms with Crippen LogP contribution in [0, 0.1) is 0 Å². The highest BCUT2D eigenvalue weighted by molar-refractivity contribution is 5.79. The van der Waals surface area contributed by atoms with E-state index in [0.717, 1.165) is 11.0 Å². The predicted octanol–water partition coefficient (Wildman–Crippen LogP) is 1.06. The van der Waals surface area contributed by atoms with E-state index in [4.69, 9.17) is 0 Å². The lowest BCUT2D eigenvalue weighted by Gasteiger charge is -2.34. The van der Waals surface area contributed by atoms with Crippen molar-refractivity contribution in [2.24, 2.45) is 0 Å². The Hall–Kier alpha value is -2.57. The van der Waals surface area contributed by atoms with E-state index in [0.29, 0.717) is 45.1 Å². The molecule has 7 heteroatoms. The summed E-state index contributed by atoms with van der Waals surface area (Å²) >= 11 is 0. The number of para-hydroxylation sites is 2. The van der Waals surface area contributed by atoms with Crippen LogP contribution in [0.15, 0.2) is 24.3 Å². The van der Waals surface area contributed by atoms with Gasteiger partial charge in [-0.05, 0) is 12.1 Å². The number of nitrogens with zero attached hydrogens (tertiary/aromatic N) is 3. The molecule has 122 valence electrons. The number of rotatable bonds is 4. The van der Waals surface area contributed by atoms with Gasteiger partial charge >= 0.3 is 0 Å². The maximum atomic E-state index is 12.2. The van der Waals surface area contributed by atoms with Gasteiger partial charge in [-0.15, -0.1) is 0 Å². The molecule has 23 heavy (non-hydrogen) atoms. The Bertz CT molecular complexity index is 670. The summed E-state index contributed by atoms with van der Waals surface area (Å²) in [6.45, 7) is 4.57. The van der Waals surface area contributed by atoms with E-state index in [1.54, 1.807) is 11.8 Å². The highest BCUT2D eigenvalue weighted by Gasteiger charge is 2.21. The number of piperazine rings is 1. The number of fused-ring (bicyclic) bond motifs is 1. The second-order valence-corrected chi connectivity index (χ2v) is 5.67. The van der Waals surface area contributed by atoms with E-state index in [-0.39, 0.29) is 11.8 Å². The molecule has 0 radical (unpaired) electrons. The van der Waals surface area contributed by atoms with Gasteiger partial charge in [0, 0.05) is 46.1 Å². The molecule has 2 heterocycles. The third-order valence-electron chi connectivity index (χ3n) is 4.10. The van der Waals surface area contributed by atoms with E-state index in [1.165, 1.54) is 0 Å². The number of amides is 2. The van der Waals surface area contributed by atoms with Crippen LogP contribution in [-0.4, -0.2) is 64.3 Å². The van der Waals surface area contributed by atoms with Crippen LogP contribution in [0.3, 0.4) is 0 Å². The van der Waals surface area contributed by atoms with Crippen molar-refractivity contribution in [2.45, 2.75) is 13.3 Å². The Morgan fingerprint density at radius 3 is 2.57 bits per heavy atom. The van der Waals surface area contributed by atoms with Crippen molar-refractivity contribution in [3.63, 3.8) is 0 Å². The number of anilines is 1. The minimum absolute atomic E-state index is 0.0728. The summed E-state index contributed by atoms with van der Waals surface area (Å²) in [6, 6.07) is 7.80. The molecule has 1 aromatic heterocycles. The third-order valence-corrected chi connectivity index (χ3v) is 4.10. The van der Waals surface area contributed by atoms with Crippen LogP contribution in [0.5, 0.6) is 0 Å². The highest BCUT2D eigenvalue weighted by Crippen LogP contribution is 2.13. The lowest BCUT2D eigenvalue weighted by molar-refractivity contribution is -0.138. The quantitative estimate of drug-likeness (QED) is 0.884. The van der Waals surface area contributed by atoms with Gasteiger partial charge in [0.05, 0.1) is 11.0 Å². The zero-order valence-electron chi connectivity index (χ0n) is 13.2. The molecule has 1 saturated heterocycles. The fourth-order valence-electron chi connectivity index (χ4n) is 2.75. The van der Waals surface area contributed by atoms with Crippen molar-refractivity contribution in [2.75, 3.05) is 38.0 Å². The molecule has 0 spiro atoms. The zero-order chi connectivity index (χ0) is 16.2. The van der Waals surface area contributed by atoms with Crippen LogP contribution < -0.4 is 5.32 Å². The van der Waals surface area contributed by atoms with Crippen molar-refractivity contribution in [3.05, 3.63) is 24.3 Å². The monoisotopic (exact) mass is 315 g/mol. The second kappa shape index (κ2) is 6.68. The summed E-state index contributed by atoms with van der Waals surface area (Å²) in [5.41, 5.74) is 1.88.